The number of hydrogen-bond donors (Lipinski definition) is 1. The zero-order chi connectivity index (χ0) is 11.3. The van der Waals surface area contributed by atoms with Crippen LogP contribution in [0.5, 0.6) is 0 Å². The van der Waals surface area contributed by atoms with Crippen LogP contribution in [0.2, 0.25) is 0 Å². The SMILES string of the molecule is Cc1ccc2c3ccnc(N)c3n(C)c2c1. The van der Waals surface area contributed by atoms with Gasteiger partial charge in [-0.2, -0.15) is 0 Å². The Morgan fingerprint density at radius 3 is 2.81 bits per heavy atom. The first-order chi connectivity index (χ1) is 7.68. The molecular formula is C13H13N3. The Bertz CT molecular complexity index is 695. The van der Waals surface area contributed by atoms with Gasteiger partial charge in [-0.05, 0) is 24.6 Å². The van der Waals surface area contributed by atoms with Crippen molar-refractivity contribution in [2.45, 2.75) is 6.92 Å². The van der Waals surface area contributed by atoms with E-state index in [2.05, 4.69) is 34.7 Å². The van der Waals surface area contributed by atoms with Gasteiger partial charge in [0.05, 0.1) is 5.52 Å². The van der Waals surface area contributed by atoms with Gasteiger partial charge in [0.1, 0.15) is 5.82 Å². The molecule has 0 bridgehead atoms. The summed E-state index contributed by atoms with van der Waals surface area (Å²) in [5, 5.41) is 2.40. The number of benzene rings is 1. The molecule has 0 aliphatic carbocycles. The molecule has 0 amide bonds. The van der Waals surface area contributed by atoms with Crippen molar-refractivity contribution in [1.82, 2.24) is 9.55 Å². The summed E-state index contributed by atoms with van der Waals surface area (Å²) in [6.45, 7) is 2.10. The molecule has 3 rings (SSSR count). The topological polar surface area (TPSA) is 43.8 Å². The van der Waals surface area contributed by atoms with E-state index in [1.165, 1.54) is 21.9 Å². The van der Waals surface area contributed by atoms with Crippen LogP contribution in [0.3, 0.4) is 0 Å². The highest BCUT2D eigenvalue weighted by Crippen LogP contribution is 2.30. The molecule has 0 saturated heterocycles. The Labute approximate surface area is 93.5 Å². The number of rotatable bonds is 0. The van der Waals surface area contributed by atoms with E-state index in [0.717, 1.165) is 5.52 Å². The number of nitrogen functional groups attached to an aromatic ring is 1. The molecular weight excluding hydrogens is 198 g/mol. The summed E-state index contributed by atoms with van der Waals surface area (Å²) in [4.78, 5) is 4.14. The summed E-state index contributed by atoms with van der Waals surface area (Å²) in [5.74, 6) is 0.592. The van der Waals surface area contributed by atoms with Gasteiger partial charge in [0.15, 0.2) is 0 Å². The second kappa shape index (κ2) is 2.98. The van der Waals surface area contributed by atoms with Crippen LogP contribution >= 0.6 is 0 Å². The minimum absolute atomic E-state index is 0.592. The number of fused-ring (bicyclic) bond motifs is 3. The highest BCUT2D eigenvalue weighted by molar-refractivity contribution is 6.10. The number of aryl methyl sites for hydroxylation is 2. The number of anilines is 1. The fourth-order valence-corrected chi connectivity index (χ4v) is 2.31. The molecule has 3 nitrogen and oxygen atoms in total. The molecule has 3 heteroatoms. The predicted molar refractivity (Wildman–Crippen MR) is 67.4 cm³/mol. The van der Waals surface area contributed by atoms with Gasteiger partial charge in [-0.3, -0.25) is 0 Å². The van der Waals surface area contributed by atoms with Crippen LogP contribution < -0.4 is 5.73 Å². The first kappa shape index (κ1) is 9.21. The van der Waals surface area contributed by atoms with Crippen LogP contribution in [0.15, 0.2) is 30.5 Å². The molecule has 2 heterocycles. The summed E-state index contributed by atoms with van der Waals surface area (Å²) in [7, 11) is 2.03. The van der Waals surface area contributed by atoms with Crippen LogP contribution in [-0.4, -0.2) is 9.55 Å². The van der Waals surface area contributed by atoms with Crippen molar-refractivity contribution in [2.24, 2.45) is 7.05 Å². The van der Waals surface area contributed by atoms with E-state index in [1.807, 2.05) is 13.1 Å². The average Bonchev–Trinajstić information content (AvgIpc) is 2.54. The summed E-state index contributed by atoms with van der Waals surface area (Å²) in [6, 6.07) is 8.46. The first-order valence-electron chi connectivity index (χ1n) is 5.27. The number of nitrogens with zero attached hydrogens (tertiary/aromatic N) is 2. The van der Waals surface area contributed by atoms with Crippen LogP contribution in [-0.2, 0) is 7.05 Å². The molecule has 1 aromatic carbocycles. The van der Waals surface area contributed by atoms with E-state index >= 15 is 0 Å². The number of nitrogens with two attached hydrogens (primary N) is 1. The van der Waals surface area contributed by atoms with E-state index < -0.39 is 0 Å². The Kier molecular flexibility index (Phi) is 1.72. The van der Waals surface area contributed by atoms with Gasteiger partial charge in [0.25, 0.3) is 0 Å². The zero-order valence-corrected chi connectivity index (χ0v) is 9.36. The Morgan fingerprint density at radius 2 is 2.00 bits per heavy atom. The van der Waals surface area contributed by atoms with Gasteiger partial charge in [0.2, 0.25) is 0 Å². The summed E-state index contributed by atoms with van der Waals surface area (Å²) in [6.07, 6.45) is 1.76. The van der Waals surface area contributed by atoms with Crippen molar-refractivity contribution < 1.29 is 0 Å². The van der Waals surface area contributed by atoms with Crippen molar-refractivity contribution >= 4 is 27.6 Å². The Balaban J connectivity index is 2.64. The van der Waals surface area contributed by atoms with Crippen molar-refractivity contribution in [1.29, 1.82) is 0 Å². The molecule has 80 valence electrons. The van der Waals surface area contributed by atoms with Crippen molar-refractivity contribution in [2.75, 3.05) is 5.73 Å². The number of pyridine rings is 1. The van der Waals surface area contributed by atoms with Crippen LogP contribution in [0, 0.1) is 6.92 Å². The molecule has 0 unspecified atom stereocenters. The third-order valence-electron chi connectivity index (χ3n) is 3.09. The molecule has 0 fully saturated rings. The largest absolute Gasteiger partial charge is 0.382 e. The minimum Gasteiger partial charge on any atom is -0.382 e. The predicted octanol–water partition coefficient (Wildman–Crippen LogP) is 2.62. The van der Waals surface area contributed by atoms with Gasteiger partial charge in [0, 0.05) is 29.5 Å². The van der Waals surface area contributed by atoms with Crippen molar-refractivity contribution in [3.63, 3.8) is 0 Å². The Hall–Kier alpha value is -2.03. The highest BCUT2D eigenvalue weighted by atomic mass is 15.0. The van der Waals surface area contributed by atoms with Crippen LogP contribution in [0.1, 0.15) is 5.56 Å². The molecule has 2 N–H and O–H groups in total. The van der Waals surface area contributed by atoms with Crippen LogP contribution in [0.4, 0.5) is 5.82 Å². The molecule has 16 heavy (non-hydrogen) atoms. The second-order valence-electron chi connectivity index (χ2n) is 4.17. The number of hydrogen-bond acceptors (Lipinski definition) is 2. The van der Waals surface area contributed by atoms with E-state index in [0.29, 0.717) is 5.82 Å². The molecule has 0 aliphatic rings. The van der Waals surface area contributed by atoms with E-state index in [-0.39, 0.29) is 0 Å². The molecule has 0 spiro atoms. The summed E-state index contributed by atoms with van der Waals surface area (Å²) < 4.78 is 2.11. The lowest BCUT2D eigenvalue weighted by Gasteiger charge is -2.00. The molecule has 3 aromatic rings. The van der Waals surface area contributed by atoms with Gasteiger partial charge >= 0.3 is 0 Å². The summed E-state index contributed by atoms with van der Waals surface area (Å²) >= 11 is 0. The minimum atomic E-state index is 0.592. The molecule has 2 aromatic heterocycles. The van der Waals surface area contributed by atoms with Gasteiger partial charge in [-0.1, -0.05) is 12.1 Å². The normalized spacial score (nSPS) is 11.4. The molecule has 0 atom stereocenters. The van der Waals surface area contributed by atoms with E-state index in [9.17, 15) is 0 Å². The highest BCUT2D eigenvalue weighted by Gasteiger charge is 2.10. The molecule has 0 radical (unpaired) electrons. The average molecular weight is 211 g/mol. The molecule has 0 saturated carbocycles. The first-order valence-corrected chi connectivity index (χ1v) is 5.27. The lowest BCUT2D eigenvalue weighted by Crippen LogP contribution is -1.95. The third kappa shape index (κ3) is 1.05. The maximum Gasteiger partial charge on any atom is 0.147 e. The van der Waals surface area contributed by atoms with Crippen molar-refractivity contribution in [3.05, 3.63) is 36.0 Å². The monoisotopic (exact) mass is 211 g/mol. The van der Waals surface area contributed by atoms with E-state index in [4.69, 9.17) is 5.73 Å². The fourth-order valence-electron chi connectivity index (χ4n) is 2.31. The van der Waals surface area contributed by atoms with Gasteiger partial charge in [-0.25, -0.2) is 4.98 Å². The van der Waals surface area contributed by atoms with Gasteiger partial charge in [-0.15, -0.1) is 0 Å². The molecule has 0 aliphatic heterocycles. The standard InChI is InChI=1S/C13H13N3/c1-8-3-4-9-10-5-6-15-13(14)12(10)16(2)11(9)7-8/h3-7H,1-2H3,(H2,14,15). The smallest absolute Gasteiger partial charge is 0.147 e. The Morgan fingerprint density at radius 1 is 1.19 bits per heavy atom. The lowest BCUT2D eigenvalue weighted by molar-refractivity contribution is 1.01. The summed E-state index contributed by atoms with van der Waals surface area (Å²) in [5.41, 5.74) is 9.40. The third-order valence-corrected chi connectivity index (χ3v) is 3.09. The zero-order valence-electron chi connectivity index (χ0n) is 9.36. The quantitative estimate of drug-likeness (QED) is 0.621. The maximum absolute atomic E-state index is 5.93. The van der Waals surface area contributed by atoms with Crippen LogP contribution in [0.25, 0.3) is 21.8 Å². The lowest BCUT2D eigenvalue weighted by atomic mass is 10.1. The fraction of sp³-hybridized carbons (Fsp3) is 0.154. The van der Waals surface area contributed by atoms with Gasteiger partial charge < -0.3 is 10.3 Å². The number of aromatic nitrogens is 2. The van der Waals surface area contributed by atoms with E-state index in [1.54, 1.807) is 6.20 Å². The second-order valence-corrected chi connectivity index (χ2v) is 4.17. The maximum atomic E-state index is 5.93. The van der Waals surface area contributed by atoms with Crippen molar-refractivity contribution in [3.8, 4) is 0 Å².